The summed E-state index contributed by atoms with van der Waals surface area (Å²) >= 11 is 1.53. The van der Waals surface area contributed by atoms with Gasteiger partial charge in [0, 0.05) is 11.8 Å². The first-order chi connectivity index (χ1) is 12.8. The number of ether oxygens (including phenoxy) is 2. The zero-order chi connectivity index (χ0) is 18.0. The van der Waals surface area contributed by atoms with Gasteiger partial charge in [-0.25, -0.2) is 4.98 Å². The third kappa shape index (κ3) is 5.60. The van der Waals surface area contributed by atoms with Gasteiger partial charge in [0.15, 0.2) is 0 Å². The van der Waals surface area contributed by atoms with E-state index in [9.17, 15) is 4.79 Å². The van der Waals surface area contributed by atoms with E-state index in [4.69, 9.17) is 9.47 Å². The van der Waals surface area contributed by atoms with Crippen LogP contribution >= 0.6 is 11.3 Å². The van der Waals surface area contributed by atoms with Gasteiger partial charge in [-0.15, -0.1) is 11.3 Å². The highest BCUT2D eigenvalue weighted by atomic mass is 32.1. The van der Waals surface area contributed by atoms with Crippen molar-refractivity contribution < 1.29 is 14.3 Å². The van der Waals surface area contributed by atoms with Crippen LogP contribution in [0.15, 0.2) is 65.5 Å². The largest absolute Gasteiger partial charge is 0.494 e. The summed E-state index contributed by atoms with van der Waals surface area (Å²) in [7, 11) is 0. The first kappa shape index (κ1) is 17.9. The predicted octanol–water partition coefficient (Wildman–Crippen LogP) is 4.52. The van der Waals surface area contributed by atoms with E-state index in [1.807, 2.05) is 60.0 Å². The van der Waals surface area contributed by atoms with Crippen molar-refractivity contribution in [2.45, 2.75) is 19.4 Å². The molecular weight excluding hydrogens is 348 g/mol. The van der Waals surface area contributed by atoms with E-state index < -0.39 is 0 Å². The maximum atomic E-state index is 12.2. The molecule has 0 atom stereocenters. The smallest absolute Gasteiger partial charge is 0.224 e. The second kappa shape index (κ2) is 9.58. The molecule has 1 heterocycles. The number of carbonyl (C=O) groups is 1. The standard InChI is InChI=1S/C20H20N2O3S/c23-20(11-6-12-24-17-7-2-1-3-8-17)22-18-9-4-5-10-19(18)25-13-16-14-26-15-21-16/h1-5,7-10,14-15H,6,11-13H2,(H,22,23). The molecule has 3 aromatic rings. The van der Waals surface area contributed by atoms with E-state index in [-0.39, 0.29) is 5.91 Å². The minimum absolute atomic E-state index is 0.0635. The number of amides is 1. The second-order valence-corrected chi connectivity index (χ2v) is 6.30. The number of hydrogen-bond donors (Lipinski definition) is 1. The third-order valence-corrected chi connectivity index (χ3v) is 4.22. The van der Waals surface area contributed by atoms with E-state index in [0.29, 0.717) is 37.5 Å². The Hall–Kier alpha value is -2.86. The molecule has 1 N–H and O–H groups in total. The lowest BCUT2D eigenvalue weighted by molar-refractivity contribution is -0.116. The summed E-state index contributed by atoms with van der Waals surface area (Å²) in [4.78, 5) is 16.4. The summed E-state index contributed by atoms with van der Waals surface area (Å²) < 4.78 is 11.4. The Kier molecular flexibility index (Phi) is 6.61. The zero-order valence-electron chi connectivity index (χ0n) is 14.3. The van der Waals surface area contributed by atoms with Crippen LogP contribution in [0.4, 0.5) is 5.69 Å². The van der Waals surface area contributed by atoms with Gasteiger partial charge in [-0.3, -0.25) is 4.79 Å². The molecule has 2 aromatic carbocycles. The van der Waals surface area contributed by atoms with Crippen molar-refractivity contribution in [2.24, 2.45) is 0 Å². The van der Waals surface area contributed by atoms with Gasteiger partial charge in [0.1, 0.15) is 18.1 Å². The quantitative estimate of drug-likeness (QED) is 0.564. The second-order valence-electron chi connectivity index (χ2n) is 5.58. The van der Waals surface area contributed by atoms with Crippen molar-refractivity contribution in [2.75, 3.05) is 11.9 Å². The molecular formula is C20H20N2O3S. The number of hydrogen-bond acceptors (Lipinski definition) is 5. The molecule has 0 aliphatic rings. The number of rotatable bonds is 9. The molecule has 0 aliphatic heterocycles. The van der Waals surface area contributed by atoms with Crippen LogP contribution in [-0.2, 0) is 11.4 Å². The maximum absolute atomic E-state index is 12.2. The van der Waals surface area contributed by atoms with Crippen LogP contribution in [0.25, 0.3) is 0 Å². The summed E-state index contributed by atoms with van der Waals surface area (Å²) in [6.45, 7) is 0.876. The van der Waals surface area contributed by atoms with Crippen molar-refractivity contribution in [1.29, 1.82) is 0 Å². The normalized spacial score (nSPS) is 10.3. The highest BCUT2D eigenvalue weighted by Crippen LogP contribution is 2.25. The zero-order valence-corrected chi connectivity index (χ0v) is 15.1. The number of para-hydroxylation sites is 3. The van der Waals surface area contributed by atoms with Crippen molar-refractivity contribution in [3.63, 3.8) is 0 Å². The van der Waals surface area contributed by atoms with E-state index >= 15 is 0 Å². The molecule has 0 bridgehead atoms. The lowest BCUT2D eigenvalue weighted by Crippen LogP contribution is -2.13. The summed E-state index contributed by atoms with van der Waals surface area (Å²) in [6, 6.07) is 17.0. The van der Waals surface area contributed by atoms with Gasteiger partial charge < -0.3 is 14.8 Å². The number of aromatic nitrogens is 1. The summed E-state index contributed by atoms with van der Waals surface area (Å²) in [5.41, 5.74) is 3.30. The highest BCUT2D eigenvalue weighted by Gasteiger charge is 2.08. The van der Waals surface area contributed by atoms with E-state index in [2.05, 4.69) is 10.3 Å². The first-order valence-corrected chi connectivity index (χ1v) is 9.32. The fourth-order valence-corrected chi connectivity index (χ4v) is 2.85. The maximum Gasteiger partial charge on any atom is 0.224 e. The van der Waals surface area contributed by atoms with Crippen molar-refractivity contribution >= 4 is 22.9 Å². The SMILES string of the molecule is O=C(CCCOc1ccccc1)Nc1ccccc1OCc1cscn1. The van der Waals surface area contributed by atoms with Gasteiger partial charge in [0.2, 0.25) is 5.91 Å². The Morgan fingerprint density at radius 1 is 1.04 bits per heavy atom. The molecule has 1 amide bonds. The molecule has 6 heteroatoms. The van der Waals surface area contributed by atoms with Crippen LogP contribution in [-0.4, -0.2) is 17.5 Å². The Balaban J connectivity index is 1.44. The van der Waals surface area contributed by atoms with Gasteiger partial charge >= 0.3 is 0 Å². The first-order valence-electron chi connectivity index (χ1n) is 8.38. The number of benzene rings is 2. The molecule has 0 aliphatic carbocycles. The number of carbonyl (C=O) groups excluding carboxylic acids is 1. The van der Waals surface area contributed by atoms with Crippen LogP contribution in [0, 0.1) is 0 Å². The van der Waals surface area contributed by atoms with Crippen molar-refractivity contribution in [3.8, 4) is 11.5 Å². The number of thiazole rings is 1. The highest BCUT2D eigenvalue weighted by molar-refractivity contribution is 7.07. The molecule has 0 radical (unpaired) electrons. The summed E-state index contributed by atoms with van der Waals surface area (Å²) in [5, 5.41) is 4.84. The molecule has 0 saturated heterocycles. The molecule has 0 fully saturated rings. The Morgan fingerprint density at radius 2 is 1.85 bits per heavy atom. The number of nitrogens with one attached hydrogen (secondary N) is 1. The van der Waals surface area contributed by atoms with Gasteiger partial charge in [-0.05, 0) is 30.7 Å². The predicted molar refractivity (Wildman–Crippen MR) is 103 cm³/mol. The monoisotopic (exact) mass is 368 g/mol. The average molecular weight is 368 g/mol. The van der Waals surface area contributed by atoms with Crippen LogP contribution < -0.4 is 14.8 Å². The van der Waals surface area contributed by atoms with Gasteiger partial charge in [0.05, 0.1) is 23.5 Å². The number of anilines is 1. The van der Waals surface area contributed by atoms with Gasteiger partial charge in [-0.2, -0.15) is 0 Å². The Morgan fingerprint density at radius 3 is 2.65 bits per heavy atom. The minimum Gasteiger partial charge on any atom is -0.494 e. The van der Waals surface area contributed by atoms with Crippen molar-refractivity contribution in [3.05, 3.63) is 71.2 Å². The van der Waals surface area contributed by atoms with Crippen LogP contribution in [0.2, 0.25) is 0 Å². The summed E-state index contributed by atoms with van der Waals surface area (Å²) in [5.74, 6) is 1.38. The fraction of sp³-hybridized carbons (Fsp3) is 0.200. The van der Waals surface area contributed by atoms with E-state index in [0.717, 1.165) is 11.4 Å². The summed E-state index contributed by atoms with van der Waals surface area (Å²) in [6.07, 6.45) is 1.02. The topological polar surface area (TPSA) is 60.5 Å². The molecule has 0 spiro atoms. The van der Waals surface area contributed by atoms with E-state index in [1.165, 1.54) is 11.3 Å². The Bertz CT molecular complexity index is 807. The van der Waals surface area contributed by atoms with Crippen LogP contribution in [0.5, 0.6) is 11.5 Å². The van der Waals surface area contributed by atoms with Gasteiger partial charge in [-0.1, -0.05) is 30.3 Å². The Labute approximate surface area is 156 Å². The molecule has 3 rings (SSSR count). The van der Waals surface area contributed by atoms with Crippen molar-refractivity contribution in [1.82, 2.24) is 4.98 Å². The number of nitrogens with zero attached hydrogens (tertiary/aromatic N) is 1. The van der Waals surface area contributed by atoms with E-state index in [1.54, 1.807) is 5.51 Å². The molecule has 134 valence electrons. The third-order valence-electron chi connectivity index (χ3n) is 3.58. The van der Waals surface area contributed by atoms with Crippen LogP contribution in [0.1, 0.15) is 18.5 Å². The molecule has 5 nitrogen and oxygen atoms in total. The lowest BCUT2D eigenvalue weighted by Gasteiger charge is -2.12. The molecule has 0 unspecified atom stereocenters. The average Bonchev–Trinajstić information content (AvgIpc) is 3.19. The van der Waals surface area contributed by atoms with Gasteiger partial charge in [0.25, 0.3) is 0 Å². The fourth-order valence-electron chi connectivity index (χ4n) is 2.31. The molecule has 1 aromatic heterocycles. The molecule has 26 heavy (non-hydrogen) atoms. The molecule has 0 saturated carbocycles. The minimum atomic E-state index is -0.0635. The van der Waals surface area contributed by atoms with Crippen LogP contribution in [0.3, 0.4) is 0 Å². The lowest BCUT2D eigenvalue weighted by atomic mass is 10.2.